The monoisotopic (exact) mass is 231 g/mol. The lowest BCUT2D eigenvalue weighted by Gasteiger charge is -2.08. The molecule has 4 nitrogen and oxygen atoms in total. The number of halogens is 1. The van der Waals surface area contributed by atoms with Crippen molar-refractivity contribution in [1.29, 1.82) is 0 Å². The van der Waals surface area contributed by atoms with Crippen molar-refractivity contribution in [2.24, 2.45) is 5.73 Å². The van der Waals surface area contributed by atoms with Gasteiger partial charge in [-0.05, 0) is 18.2 Å². The average molecular weight is 231 g/mol. The number of pyridine rings is 1. The van der Waals surface area contributed by atoms with Crippen LogP contribution >= 0.6 is 0 Å². The van der Waals surface area contributed by atoms with Gasteiger partial charge in [0.05, 0.1) is 11.3 Å². The largest absolute Gasteiger partial charge is 0.398 e. The summed E-state index contributed by atoms with van der Waals surface area (Å²) in [6.07, 6.45) is 1.45. The molecule has 0 aliphatic carbocycles. The van der Waals surface area contributed by atoms with E-state index in [9.17, 15) is 9.18 Å². The molecule has 17 heavy (non-hydrogen) atoms. The molecular formula is C12H10FN3O. The highest BCUT2D eigenvalue weighted by atomic mass is 19.1. The smallest absolute Gasteiger partial charge is 0.253 e. The van der Waals surface area contributed by atoms with Crippen LogP contribution in [0.3, 0.4) is 0 Å². The first kappa shape index (κ1) is 11.1. The highest BCUT2D eigenvalue weighted by Crippen LogP contribution is 2.25. The number of amides is 1. The summed E-state index contributed by atoms with van der Waals surface area (Å²) in [6, 6.07) is 7.22. The fraction of sp³-hybridized carbons (Fsp3) is 0. The number of nitrogen functional groups attached to an aromatic ring is 1. The van der Waals surface area contributed by atoms with Gasteiger partial charge in [-0.25, -0.2) is 4.39 Å². The Morgan fingerprint density at radius 3 is 2.71 bits per heavy atom. The van der Waals surface area contributed by atoms with Crippen LogP contribution in [0.1, 0.15) is 10.4 Å². The summed E-state index contributed by atoms with van der Waals surface area (Å²) in [5.74, 6) is -1.10. The van der Waals surface area contributed by atoms with Crippen LogP contribution in [-0.2, 0) is 0 Å². The fourth-order valence-electron chi connectivity index (χ4n) is 1.59. The average Bonchev–Trinajstić information content (AvgIpc) is 2.28. The van der Waals surface area contributed by atoms with Gasteiger partial charge in [-0.3, -0.25) is 9.78 Å². The van der Waals surface area contributed by atoms with Gasteiger partial charge in [-0.1, -0.05) is 12.1 Å². The zero-order chi connectivity index (χ0) is 12.4. The second kappa shape index (κ2) is 4.21. The minimum Gasteiger partial charge on any atom is -0.398 e. The van der Waals surface area contributed by atoms with Crippen LogP contribution in [0.4, 0.5) is 10.1 Å². The summed E-state index contributed by atoms with van der Waals surface area (Å²) in [5, 5.41) is 0. The SMILES string of the molecule is NC(=O)c1c(N)ccnc1-c1cccc(F)c1. The van der Waals surface area contributed by atoms with E-state index in [1.807, 2.05) is 0 Å². The molecule has 2 aromatic rings. The standard InChI is InChI=1S/C12H10FN3O/c13-8-3-1-2-7(6-8)11-10(12(15)17)9(14)4-5-16-11/h1-6H,(H2,14,16)(H2,15,17). The third-order valence-electron chi connectivity index (χ3n) is 2.33. The minimum absolute atomic E-state index is 0.109. The summed E-state index contributed by atoms with van der Waals surface area (Å²) in [5.41, 5.74) is 12.0. The van der Waals surface area contributed by atoms with E-state index in [2.05, 4.69) is 4.98 Å². The van der Waals surface area contributed by atoms with E-state index in [1.165, 1.54) is 30.5 Å². The second-order valence-electron chi connectivity index (χ2n) is 3.50. The van der Waals surface area contributed by atoms with Crippen molar-refractivity contribution in [3.8, 4) is 11.3 Å². The van der Waals surface area contributed by atoms with E-state index in [-0.39, 0.29) is 16.9 Å². The number of anilines is 1. The number of aromatic nitrogens is 1. The van der Waals surface area contributed by atoms with Crippen LogP contribution in [0.15, 0.2) is 36.5 Å². The van der Waals surface area contributed by atoms with E-state index in [4.69, 9.17) is 11.5 Å². The number of nitrogens with zero attached hydrogens (tertiary/aromatic N) is 1. The van der Waals surface area contributed by atoms with Crippen molar-refractivity contribution < 1.29 is 9.18 Å². The van der Waals surface area contributed by atoms with Crippen molar-refractivity contribution in [1.82, 2.24) is 4.98 Å². The lowest BCUT2D eigenvalue weighted by molar-refractivity contribution is 0.100. The van der Waals surface area contributed by atoms with Crippen molar-refractivity contribution in [3.63, 3.8) is 0 Å². The van der Waals surface area contributed by atoms with E-state index in [0.29, 0.717) is 5.56 Å². The van der Waals surface area contributed by atoms with E-state index >= 15 is 0 Å². The molecule has 0 aliphatic rings. The third-order valence-corrected chi connectivity index (χ3v) is 2.33. The second-order valence-corrected chi connectivity index (χ2v) is 3.50. The van der Waals surface area contributed by atoms with Crippen LogP contribution < -0.4 is 11.5 Å². The number of primary amides is 1. The molecule has 1 aromatic carbocycles. The normalized spacial score (nSPS) is 10.2. The molecule has 0 saturated heterocycles. The Morgan fingerprint density at radius 1 is 1.29 bits per heavy atom. The van der Waals surface area contributed by atoms with Crippen LogP contribution in [0.5, 0.6) is 0 Å². The van der Waals surface area contributed by atoms with Gasteiger partial charge in [0.25, 0.3) is 5.91 Å². The van der Waals surface area contributed by atoms with Gasteiger partial charge in [0.15, 0.2) is 0 Å². The molecule has 4 N–H and O–H groups in total. The van der Waals surface area contributed by atoms with Crippen LogP contribution in [0, 0.1) is 5.82 Å². The molecule has 86 valence electrons. The molecule has 1 amide bonds. The Hall–Kier alpha value is -2.43. The van der Waals surface area contributed by atoms with Gasteiger partial charge in [-0.2, -0.15) is 0 Å². The van der Waals surface area contributed by atoms with Crippen LogP contribution in [-0.4, -0.2) is 10.9 Å². The zero-order valence-corrected chi connectivity index (χ0v) is 8.85. The predicted molar refractivity (Wildman–Crippen MR) is 62.6 cm³/mol. The van der Waals surface area contributed by atoms with E-state index in [1.54, 1.807) is 6.07 Å². The summed E-state index contributed by atoms with van der Waals surface area (Å²) in [6.45, 7) is 0. The van der Waals surface area contributed by atoms with Crippen molar-refractivity contribution in [2.75, 3.05) is 5.73 Å². The molecule has 0 spiro atoms. The zero-order valence-electron chi connectivity index (χ0n) is 8.85. The number of hydrogen-bond acceptors (Lipinski definition) is 3. The molecule has 1 aromatic heterocycles. The Labute approximate surface area is 97.1 Å². The maximum Gasteiger partial charge on any atom is 0.253 e. The number of carbonyl (C=O) groups excluding carboxylic acids is 1. The Morgan fingerprint density at radius 2 is 2.06 bits per heavy atom. The third kappa shape index (κ3) is 2.08. The van der Waals surface area contributed by atoms with Crippen LogP contribution in [0.2, 0.25) is 0 Å². The van der Waals surface area contributed by atoms with Gasteiger partial charge in [-0.15, -0.1) is 0 Å². The molecule has 0 fully saturated rings. The quantitative estimate of drug-likeness (QED) is 0.822. The Balaban J connectivity index is 2.67. The lowest BCUT2D eigenvalue weighted by Crippen LogP contribution is -2.15. The van der Waals surface area contributed by atoms with E-state index in [0.717, 1.165) is 0 Å². The molecule has 0 unspecified atom stereocenters. The summed E-state index contributed by atoms with van der Waals surface area (Å²) in [7, 11) is 0. The Bertz CT molecular complexity index is 584. The summed E-state index contributed by atoms with van der Waals surface area (Å²) in [4.78, 5) is 15.3. The van der Waals surface area contributed by atoms with Crippen molar-refractivity contribution in [3.05, 3.63) is 47.9 Å². The number of nitrogens with two attached hydrogens (primary N) is 2. The number of carbonyl (C=O) groups is 1. The molecule has 5 heteroatoms. The maximum atomic E-state index is 13.1. The first-order chi connectivity index (χ1) is 8.09. The summed E-state index contributed by atoms with van der Waals surface area (Å²) < 4.78 is 13.1. The van der Waals surface area contributed by atoms with Crippen molar-refractivity contribution in [2.45, 2.75) is 0 Å². The molecule has 0 atom stereocenters. The molecular weight excluding hydrogens is 221 g/mol. The molecule has 2 rings (SSSR count). The molecule has 0 bridgehead atoms. The predicted octanol–water partition coefficient (Wildman–Crippen LogP) is 1.57. The van der Waals surface area contributed by atoms with Gasteiger partial charge in [0.2, 0.25) is 0 Å². The summed E-state index contributed by atoms with van der Waals surface area (Å²) >= 11 is 0. The molecule has 0 aliphatic heterocycles. The number of hydrogen-bond donors (Lipinski definition) is 2. The topological polar surface area (TPSA) is 82.0 Å². The fourth-order valence-corrected chi connectivity index (χ4v) is 1.59. The highest BCUT2D eigenvalue weighted by molar-refractivity contribution is 6.03. The first-order valence-corrected chi connectivity index (χ1v) is 4.90. The van der Waals surface area contributed by atoms with Crippen molar-refractivity contribution >= 4 is 11.6 Å². The number of rotatable bonds is 2. The molecule has 0 radical (unpaired) electrons. The minimum atomic E-state index is -0.685. The Kier molecular flexibility index (Phi) is 2.74. The van der Waals surface area contributed by atoms with E-state index < -0.39 is 11.7 Å². The maximum absolute atomic E-state index is 13.1. The molecule has 1 heterocycles. The lowest BCUT2D eigenvalue weighted by atomic mass is 10.0. The highest BCUT2D eigenvalue weighted by Gasteiger charge is 2.15. The van der Waals surface area contributed by atoms with Gasteiger partial charge >= 0.3 is 0 Å². The molecule has 0 saturated carbocycles. The van der Waals surface area contributed by atoms with Gasteiger partial charge in [0.1, 0.15) is 5.82 Å². The number of benzene rings is 1. The van der Waals surface area contributed by atoms with Gasteiger partial charge < -0.3 is 11.5 Å². The first-order valence-electron chi connectivity index (χ1n) is 4.90. The van der Waals surface area contributed by atoms with Gasteiger partial charge in [0, 0.05) is 17.4 Å². The van der Waals surface area contributed by atoms with Crippen LogP contribution in [0.25, 0.3) is 11.3 Å².